The van der Waals surface area contributed by atoms with Gasteiger partial charge in [-0.15, -0.1) is 0 Å². The number of piperidine rings is 1. The molecule has 0 atom stereocenters. The van der Waals surface area contributed by atoms with E-state index in [0.29, 0.717) is 6.54 Å². The van der Waals surface area contributed by atoms with Gasteiger partial charge in [-0.05, 0) is 38.5 Å². The van der Waals surface area contributed by atoms with E-state index in [-0.39, 0.29) is 6.04 Å². The fraction of sp³-hybridized carbons (Fsp3) is 0.500. The minimum absolute atomic E-state index is 0.163. The van der Waals surface area contributed by atoms with Crippen LogP contribution in [-0.2, 0) is 16.1 Å². The van der Waals surface area contributed by atoms with Gasteiger partial charge in [-0.3, -0.25) is 9.59 Å². The summed E-state index contributed by atoms with van der Waals surface area (Å²) >= 11 is 0. The second-order valence-corrected chi connectivity index (χ2v) is 5.62. The van der Waals surface area contributed by atoms with Gasteiger partial charge in [0.05, 0.1) is 0 Å². The van der Waals surface area contributed by atoms with Crippen LogP contribution < -0.4 is 5.32 Å². The summed E-state index contributed by atoms with van der Waals surface area (Å²) in [6, 6.07) is 9.75. The van der Waals surface area contributed by atoms with Gasteiger partial charge in [-0.25, -0.2) is 0 Å². The zero-order valence-corrected chi connectivity index (χ0v) is 12.7. The predicted molar refractivity (Wildman–Crippen MR) is 81.6 cm³/mol. The monoisotopic (exact) mass is 289 g/mol. The van der Waals surface area contributed by atoms with Gasteiger partial charge < -0.3 is 15.1 Å². The van der Waals surface area contributed by atoms with Crippen LogP contribution in [-0.4, -0.2) is 54.8 Å². The van der Waals surface area contributed by atoms with E-state index < -0.39 is 11.8 Å². The number of rotatable bonds is 3. The number of benzene rings is 1. The van der Waals surface area contributed by atoms with Gasteiger partial charge in [-0.1, -0.05) is 30.3 Å². The summed E-state index contributed by atoms with van der Waals surface area (Å²) in [5.41, 5.74) is 0.987. The Hall–Kier alpha value is -1.88. The van der Waals surface area contributed by atoms with E-state index in [1.165, 1.54) is 0 Å². The van der Waals surface area contributed by atoms with E-state index in [1.807, 2.05) is 30.3 Å². The molecule has 1 aliphatic heterocycles. The lowest BCUT2D eigenvalue weighted by atomic mass is 10.0. The van der Waals surface area contributed by atoms with Crippen LogP contribution in [0.4, 0.5) is 0 Å². The number of hydrogen-bond acceptors (Lipinski definition) is 3. The Kier molecular flexibility index (Phi) is 5.33. The zero-order valence-electron chi connectivity index (χ0n) is 12.7. The first-order valence-electron chi connectivity index (χ1n) is 7.35. The van der Waals surface area contributed by atoms with Gasteiger partial charge in [0.25, 0.3) is 0 Å². The number of amides is 2. The lowest BCUT2D eigenvalue weighted by Gasteiger charge is -2.34. The zero-order chi connectivity index (χ0) is 15.2. The molecule has 0 aliphatic carbocycles. The summed E-state index contributed by atoms with van der Waals surface area (Å²) in [4.78, 5) is 27.9. The molecule has 1 aliphatic rings. The molecule has 1 saturated heterocycles. The molecule has 1 N–H and O–H groups in total. The first kappa shape index (κ1) is 15.5. The van der Waals surface area contributed by atoms with Crippen molar-refractivity contribution in [2.75, 3.05) is 27.2 Å². The summed E-state index contributed by atoms with van der Waals surface area (Å²) in [6.07, 6.45) is 1.84. The summed E-state index contributed by atoms with van der Waals surface area (Å²) in [5.74, 6) is -0.972. The summed E-state index contributed by atoms with van der Waals surface area (Å²) < 4.78 is 0. The van der Waals surface area contributed by atoms with Crippen molar-refractivity contribution in [3.63, 3.8) is 0 Å². The number of hydrogen-bond donors (Lipinski definition) is 1. The lowest BCUT2D eigenvalue weighted by molar-refractivity contribution is -0.147. The molecule has 1 aromatic rings. The van der Waals surface area contributed by atoms with Crippen LogP contribution in [0, 0.1) is 0 Å². The Bertz CT molecular complexity index is 482. The number of carbonyl (C=O) groups excluding carboxylic acids is 2. The molecule has 0 unspecified atom stereocenters. The Morgan fingerprint density at radius 3 is 2.48 bits per heavy atom. The van der Waals surface area contributed by atoms with Crippen LogP contribution in [0.15, 0.2) is 30.3 Å². The fourth-order valence-electron chi connectivity index (χ4n) is 2.56. The van der Waals surface area contributed by atoms with Crippen LogP contribution in [0.25, 0.3) is 0 Å². The van der Waals surface area contributed by atoms with E-state index in [0.717, 1.165) is 31.5 Å². The molecule has 1 heterocycles. The van der Waals surface area contributed by atoms with Crippen LogP contribution >= 0.6 is 0 Å². The fourth-order valence-corrected chi connectivity index (χ4v) is 2.56. The van der Waals surface area contributed by atoms with Crippen molar-refractivity contribution < 1.29 is 9.59 Å². The first-order chi connectivity index (χ1) is 10.1. The summed E-state index contributed by atoms with van der Waals surface area (Å²) in [6.45, 7) is 2.31. The largest absolute Gasteiger partial charge is 0.344 e. The quantitative estimate of drug-likeness (QED) is 0.840. The number of likely N-dealkylation sites (tertiary alicyclic amines) is 1. The van der Waals surface area contributed by atoms with Gasteiger partial charge in [-0.2, -0.15) is 0 Å². The van der Waals surface area contributed by atoms with Crippen molar-refractivity contribution in [3.05, 3.63) is 35.9 Å². The molecule has 0 bridgehead atoms. The smallest absolute Gasteiger partial charge is 0.311 e. The van der Waals surface area contributed by atoms with Crippen molar-refractivity contribution in [1.82, 2.24) is 15.1 Å². The summed E-state index contributed by atoms with van der Waals surface area (Å²) in [7, 11) is 3.80. The molecule has 2 amide bonds. The van der Waals surface area contributed by atoms with Crippen molar-refractivity contribution in [2.45, 2.75) is 25.4 Å². The Labute approximate surface area is 125 Å². The van der Waals surface area contributed by atoms with Crippen LogP contribution in [0.5, 0.6) is 0 Å². The van der Waals surface area contributed by atoms with E-state index in [1.54, 1.807) is 11.9 Å². The number of nitrogens with one attached hydrogen (secondary N) is 1. The Morgan fingerprint density at radius 1 is 1.24 bits per heavy atom. The molecule has 0 radical (unpaired) electrons. The minimum atomic E-state index is -0.528. The van der Waals surface area contributed by atoms with E-state index in [4.69, 9.17) is 0 Å². The molecule has 1 aromatic carbocycles. The van der Waals surface area contributed by atoms with E-state index in [9.17, 15) is 9.59 Å². The maximum absolute atomic E-state index is 12.1. The Balaban J connectivity index is 1.82. The third kappa shape index (κ3) is 4.29. The van der Waals surface area contributed by atoms with Gasteiger partial charge in [0, 0.05) is 19.6 Å². The molecule has 2 rings (SSSR count). The highest BCUT2D eigenvalue weighted by atomic mass is 16.2. The minimum Gasteiger partial charge on any atom is -0.344 e. The first-order valence-corrected chi connectivity index (χ1v) is 7.35. The molecule has 5 nitrogen and oxygen atoms in total. The molecule has 0 spiro atoms. The highest BCUT2D eigenvalue weighted by Crippen LogP contribution is 2.14. The maximum atomic E-state index is 12.1. The highest BCUT2D eigenvalue weighted by molar-refractivity contribution is 6.34. The second kappa shape index (κ2) is 7.22. The molecule has 1 fully saturated rings. The van der Waals surface area contributed by atoms with Gasteiger partial charge >= 0.3 is 11.8 Å². The lowest BCUT2D eigenvalue weighted by Crippen LogP contribution is -2.49. The van der Waals surface area contributed by atoms with Gasteiger partial charge in [0.15, 0.2) is 0 Å². The number of likely N-dealkylation sites (N-methyl/N-ethyl adjacent to an activating group) is 1. The van der Waals surface area contributed by atoms with E-state index in [2.05, 4.69) is 17.3 Å². The van der Waals surface area contributed by atoms with Crippen molar-refractivity contribution in [1.29, 1.82) is 0 Å². The molecular weight excluding hydrogens is 266 g/mol. The van der Waals surface area contributed by atoms with Crippen LogP contribution in [0.3, 0.4) is 0 Å². The van der Waals surface area contributed by atoms with Crippen molar-refractivity contribution >= 4 is 11.8 Å². The molecular formula is C16H23N3O2. The molecule has 0 saturated carbocycles. The molecule has 21 heavy (non-hydrogen) atoms. The number of carbonyl (C=O) groups is 2. The van der Waals surface area contributed by atoms with Crippen molar-refractivity contribution in [3.8, 4) is 0 Å². The van der Waals surface area contributed by atoms with E-state index >= 15 is 0 Å². The van der Waals surface area contributed by atoms with Crippen LogP contribution in [0.2, 0.25) is 0 Å². The number of nitrogens with zero attached hydrogens (tertiary/aromatic N) is 2. The maximum Gasteiger partial charge on any atom is 0.311 e. The average molecular weight is 289 g/mol. The topological polar surface area (TPSA) is 52.7 Å². The SMILES string of the molecule is CN1CCC(N(C)C(=O)C(=O)NCc2ccccc2)CC1. The second-order valence-electron chi connectivity index (χ2n) is 5.62. The molecule has 0 aromatic heterocycles. The Morgan fingerprint density at radius 2 is 1.86 bits per heavy atom. The van der Waals surface area contributed by atoms with Gasteiger partial charge in [0.2, 0.25) is 0 Å². The van der Waals surface area contributed by atoms with Gasteiger partial charge in [0.1, 0.15) is 0 Å². The van der Waals surface area contributed by atoms with Crippen LogP contribution in [0.1, 0.15) is 18.4 Å². The molecule has 114 valence electrons. The summed E-state index contributed by atoms with van der Waals surface area (Å²) in [5, 5.41) is 2.69. The predicted octanol–water partition coefficient (Wildman–Crippen LogP) is 0.855. The highest BCUT2D eigenvalue weighted by Gasteiger charge is 2.27. The average Bonchev–Trinajstić information content (AvgIpc) is 2.53. The standard InChI is InChI=1S/C16H23N3O2/c1-18-10-8-14(9-11-18)19(2)16(21)15(20)17-12-13-6-4-3-5-7-13/h3-7,14H,8-12H2,1-2H3,(H,17,20). The molecule has 5 heteroatoms. The normalized spacial score (nSPS) is 16.5. The third-order valence-corrected chi connectivity index (χ3v) is 4.05. The van der Waals surface area contributed by atoms with Crippen molar-refractivity contribution in [2.24, 2.45) is 0 Å². The third-order valence-electron chi connectivity index (χ3n) is 4.05.